The summed E-state index contributed by atoms with van der Waals surface area (Å²) in [4.78, 5) is 27.2. The van der Waals surface area contributed by atoms with Crippen LogP contribution < -0.4 is 10.1 Å². The van der Waals surface area contributed by atoms with E-state index in [2.05, 4.69) is 5.32 Å². The predicted molar refractivity (Wildman–Crippen MR) is 111 cm³/mol. The molecule has 0 fully saturated rings. The summed E-state index contributed by atoms with van der Waals surface area (Å²) >= 11 is 0. The lowest BCUT2D eigenvalue weighted by atomic mass is 10.1. The molecule has 0 aliphatic carbocycles. The molecule has 0 aliphatic rings. The van der Waals surface area contributed by atoms with Gasteiger partial charge in [0.15, 0.2) is 6.61 Å². The molecule has 0 spiro atoms. The first kappa shape index (κ1) is 21.5. The normalized spacial score (nSPS) is 11.6. The van der Waals surface area contributed by atoms with E-state index in [9.17, 15) is 9.59 Å². The van der Waals surface area contributed by atoms with Gasteiger partial charge in [0, 0.05) is 13.1 Å². The zero-order valence-corrected chi connectivity index (χ0v) is 17.2. The maximum absolute atomic E-state index is 13.0. The van der Waals surface area contributed by atoms with Crippen molar-refractivity contribution < 1.29 is 14.3 Å². The Hall–Kier alpha value is -2.82. The Kier molecular flexibility index (Phi) is 8.05. The first-order chi connectivity index (χ1) is 13.4. The molecular weight excluding hydrogens is 352 g/mol. The van der Waals surface area contributed by atoms with Gasteiger partial charge in [-0.2, -0.15) is 0 Å². The summed E-state index contributed by atoms with van der Waals surface area (Å²) in [6.45, 7) is 8.57. The zero-order chi connectivity index (χ0) is 20.5. The predicted octanol–water partition coefficient (Wildman–Crippen LogP) is 3.63. The van der Waals surface area contributed by atoms with E-state index in [0.29, 0.717) is 25.3 Å². The largest absolute Gasteiger partial charge is 0.484 e. The highest BCUT2D eigenvalue weighted by molar-refractivity contribution is 5.88. The molecule has 1 atom stereocenters. The monoisotopic (exact) mass is 382 g/mol. The van der Waals surface area contributed by atoms with Gasteiger partial charge in [-0.15, -0.1) is 0 Å². The average molecular weight is 383 g/mol. The van der Waals surface area contributed by atoms with Gasteiger partial charge in [-0.3, -0.25) is 9.59 Å². The fourth-order valence-corrected chi connectivity index (χ4v) is 3.03. The lowest BCUT2D eigenvalue weighted by molar-refractivity contribution is -0.142. The Morgan fingerprint density at radius 3 is 2.36 bits per heavy atom. The highest BCUT2D eigenvalue weighted by atomic mass is 16.5. The third kappa shape index (κ3) is 6.12. The Morgan fingerprint density at radius 1 is 1.04 bits per heavy atom. The van der Waals surface area contributed by atoms with E-state index in [4.69, 9.17) is 4.74 Å². The molecule has 150 valence electrons. The molecule has 0 radical (unpaired) electrons. The topological polar surface area (TPSA) is 58.6 Å². The number of amides is 2. The molecule has 2 amide bonds. The summed E-state index contributed by atoms with van der Waals surface area (Å²) in [5.41, 5.74) is 3.20. The van der Waals surface area contributed by atoms with E-state index >= 15 is 0 Å². The maximum Gasteiger partial charge on any atom is 0.261 e. The summed E-state index contributed by atoms with van der Waals surface area (Å²) in [6.07, 6.45) is 0.536. The van der Waals surface area contributed by atoms with E-state index in [0.717, 1.165) is 16.7 Å². The minimum absolute atomic E-state index is 0.106. The number of nitrogens with zero attached hydrogens (tertiary/aromatic N) is 1. The van der Waals surface area contributed by atoms with Crippen LogP contribution in [0.4, 0.5) is 0 Å². The van der Waals surface area contributed by atoms with Crippen molar-refractivity contribution in [2.24, 2.45) is 0 Å². The number of hydrogen-bond acceptors (Lipinski definition) is 3. The smallest absolute Gasteiger partial charge is 0.261 e. The van der Waals surface area contributed by atoms with Gasteiger partial charge in [0.05, 0.1) is 0 Å². The molecule has 0 aliphatic heterocycles. The van der Waals surface area contributed by atoms with Crippen LogP contribution in [0, 0.1) is 13.8 Å². The highest BCUT2D eigenvalue weighted by Gasteiger charge is 2.28. The van der Waals surface area contributed by atoms with Gasteiger partial charge in [0.1, 0.15) is 11.8 Å². The molecule has 0 heterocycles. The van der Waals surface area contributed by atoms with Gasteiger partial charge in [0.25, 0.3) is 5.91 Å². The molecule has 2 aromatic rings. The number of likely N-dealkylation sites (N-methyl/N-ethyl adjacent to an activating group) is 1. The SMILES string of the molecule is CCNC(=O)C(CC)N(Cc1ccc(C)cc1)C(=O)COc1cccc(C)c1. The van der Waals surface area contributed by atoms with Crippen molar-refractivity contribution in [3.8, 4) is 5.75 Å². The summed E-state index contributed by atoms with van der Waals surface area (Å²) in [5, 5.41) is 2.83. The van der Waals surface area contributed by atoms with Crippen molar-refractivity contribution in [1.29, 1.82) is 0 Å². The molecule has 5 heteroatoms. The molecule has 5 nitrogen and oxygen atoms in total. The third-order valence-corrected chi connectivity index (χ3v) is 4.56. The average Bonchev–Trinajstić information content (AvgIpc) is 2.68. The Labute approximate surface area is 167 Å². The van der Waals surface area contributed by atoms with E-state index in [1.165, 1.54) is 0 Å². The molecular formula is C23H30N2O3. The third-order valence-electron chi connectivity index (χ3n) is 4.56. The van der Waals surface area contributed by atoms with E-state index in [-0.39, 0.29) is 18.4 Å². The van der Waals surface area contributed by atoms with Crippen molar-refractivity contribution in [2.75, 3.05) is 13.2 Å². The molecule has 2 rings (SSSR count). The summed E-state index contributed by atoms with van der Waals surface area (Å²) in [5.74, 6) is 0.302. The van der Waals surface area contributed by atoms with Crippen LogP contribution in [0.5, 0.6) is 5.75 Å². The van der Waals surface area contributed by atoms with Crippen LogP contribution in [0.15, 0.2) is 48.5 Å². The summed E-state index contributed by atoms with van der Waals surface area (Å²) in [7, 11) is 0. The maximum atomic E-state index is 13.0. The summed E-state index contributed by atoms with van der Waals surface area (Å²) in [6, 6.07) is 15.0. The van der Waals surface area contributed by atoms with Gasteiger partial charge in [-0.25, -0.2) is 0 Å². The first-order valence-corrected chi connectivity index (χ1v) is 9.76. The molecule has 1 unspecified atom stereocenters. The van der Waals surface area contributed by atoms with Crippen LogP contribution in [0.2, 0.25) is 0 Å². The highest BCUT2D eigenvalue weighted by Crippen LogP contribution is 2.16. The van der Waals surface area contributed by atoms with Crippen molar-refractivity contribution in [3.63, 3.8) is 0 Å². The summed E-state index contributed by atoms with van der Waals surface area (Å²) < 4.78 is 5.70. The lowest BCUT2D eigenvalue weighted by Crippen LogP contribution is -2.50. The second-order valence-electron chi connectivity index (χ2n) is 6.93. The molecule has 0 bridgehead atoms. The van der Waals surface area contributed by atoms with Crippen LogP contribution in [0.1, 0.15) is 37.0 Å². The van der Waals surface area contributed by atoms with Crippen molar-refractivity contribution in [3.05, 3.63) is 65.2 Å². The molecule has 0 saturated heterocycles. The van der Waals surface area contributed by atoms with E-state index in [1.54, 1.807) is 4.90 Å². The number of ether oxygens (including phenoxy) is 1. The number of aryl methyl sites for hydroxylation is 2. The van der Waals surface area contributed by atoms with Gasteiger partial charge in [-0.05, 0) is 50.5 Å². The second-order valence-corrected chi connectivity index (χ2v) is 6.93. The number of rotatable bonds is 9. The van der Waals surface area contributed by atoms with Gasteiger partial charge >= 0.3 is 0 Å². The molecule has 1 N–H and O–H groups in total. The number of nitrogens with one attached hydrogen (secondary N) is 1. The van der Waals surface area contributed by atoms with Crippen LogP contribution in [0.3, 0.4) is 0 Å². The minimum atomic E-state index is -0.533. The van der Waals surface area contributed by atoms with Crippen molar-refractivity contribution >= 4 is 11.8 Å². The standard InChI is InChI=1S/C23H30N2O3/c1-5-21(23(27)24-6-2)25(15-19-12-10-17(3)11-13-19)22(26)16-28-20-9-7-8-18(4)14-20/h7-14,21H,5-6,15-16H2,1-4H3,(H,24,27). The van der Waals surface area contributed by atoms with E-state index in [1.807, 2.05) is 76.2 Å². The van der Waals surface area contributed by atoms with Crippen LogP contribution in [-0.4, -0.2) is 35.9 Å². The van der Waals surface area contributed by atoms with Gasteiger partial charge in [-0.1, -0.05) is 48.9 Å². The second kappa shape index (κ2) is 10.5. The molecule has 28 heavy (non-hydrogen) atoms. The Morgan fingerprint density at radius 2 is 1.75 bits per heavy atom. The molecule has 0 saturated carbocycles. The first-order valence-electron chi connectivity index (χ1n) is 9.76. The number of carbonyl (C=O) groups is 2. The number of hydrogen-bond donors (Lipinski definition) is 1. The Bertz CT molecular complexity index is 787. The van der Waals surface area contributed by atoms with Crippen LogP contribution in [0.25, 0.3) is 0 Å². The van der Waals surface area contributed by atoms with Crippen LogP contribution in [-0.2, 0) is 16.1 Å². The Balaban J connectivity index is 2.18. The van der Waals surface area contributed by atoms with Crippen molar-refractivity contribution in [2.45, 2.75) is 46.7 Å². The van der Waals surface area contributed by atoms with E-state index < -0.39 is 6.04 Å². The quantitative estimate of drug-likeness (QED) is 0.721. The van der Waals surface area contributed by atoms with Crippen LogP contribution >= 0.6 is 0 Å². The molecule has 2 aromatic carbocycles. The number of benzene rings is 2. The fourth-order valence-electron chi connectivity index (χ4n) is 3.03. The minimum Gasteiger partial charge on any atom is -0.484 e. The molecule has 0 aromatic heterocycles. The zero-order valence-electron chi connectivity index (χ0n) is 17.2. The number of carbonyl (C=O) groups excluding carboxylic acids is 2. The van der Waals surface area contributed by atoms with Crippen molar-refractivity contribution in [1.82, 2.24) is 10.2 Å². The lowest BCUT2D eigenvalue weighted by Gasteiger charge is -2.30. The van der Waals surface area contributed by atoms with Gasteiger partial charge in [0.2, 0.25) is 5.91 Å². The van der Waals surface area contributed by atoms with Gasteiger partial charge < -0.3 is 15.0 Å². The fraction of sp³-hybridized carbons (Fsp3) is 0.391.